The van der Waals surface area contributed by atoms with Crippen molar-refractivity contribution in [2.75, 3.05) is 38.1 Å². The molecule has 6 rings (SSSR count). The molecule has 47 heavy (non-hydrogen) atoms. The maximum Gasteiger partial charge on any atom is 0.291 e. The number of carbonyl (C=O) groups excluding carboxylic acids is 2. The number of β-amino-alcohol motifs (C(OH)–C–C–N with tert-alkyl or cyclic N) is 2. The molecule has 0 aliphatic carbocycles. The molecule has 2 aromatic carbocycles. The second-order valence-electron chi connectivity index (χ2n) is 12.7. The van der Waals surface area contributed by atoms with Crippen LogP contribution in [0.5, 0.6) is 0 Å². The summed E-state index contributed by atoms with van der Waals surface area (Å²) in [5.41, 5.74) is 7.66. The van der Waals surface area contributed by atoms with Crippen molar-refractivity contribution in [1.82, 2.24) is 28.9 Å². The molecule has 248 valence electrons. The Balaban J connectivity index is 1.20. The number of aliphatic hydroxyl groups excluding tert-OH is 2. The number of amides is 1. The van der Waals surface area contributed by atoms with E-state index < -0.39 is 6.10 Å². The molecular weight excluding hydrogens is 618 g/mol. The van der Waals surface area contributed by atoms with Crippen LogP contribution < -0.4 is 5.32 Å². The summed E-state index contributed by atoms with van der Waals surface area (Å²) in [6.45, 7) is 7.79. The number of rotatable bonds is 10. The molecule has 4 heterocycles. The van der Waals surface area contributed by atoms with E-state index >= 15 is 0 Å². The number of hydrogen-bond donors (Lipinski definition) is 3. The fourth-order valence-corrected chi connectivity index (χ4v) is 7.19. The van der Waals surface area contributed by atoms with Crippen LogP contribution in [-0.4, -0.2) is 89.7 Å². The van der Waals surface area contributed by atoms with Crippen LogP contribution in [0, 0.1) is 6.92 Å². The van der Waals surface area contributed by atoms with Gasteiger partial charge < -0.3 is 24.7 Å². The van der Waals surface area contributed by atoms with E-state index in [4.69, 9.17) is 16.6 Å². The molecule has 2 aliphatic rings. The molecule has 0 saturated carbocycles. The number of aromatic nitrogens is 4. The summed E-state index contributed by atoms with van der Waals surface area (Å²) < 4.78 is 3.76. The Labute approximate surface area is 279 Å². The summed E-state index contributed by atoms with van der Waals surface area (Å²) in [7, 11) is 3.75. The molecule has 0 radical (unpaired) electrons. The molecule has 0 spiro atoms. The van der Waals surface area contributed by atoms with Crippen LogP contribution in [0.3, 0.4) is 0 Å². The Bertz CT molecular complexity index is 1830. The molecule has 4 aromatic rings. The minimum Gasteiger partial charge on any atom is -0.395 e. The van der Waals surface area contributed by atoms with Crippen molar-refractivity contribution in [1.29, 1.82) is 0 Å². The van der Waals surface area contributed by atoms with Crippen LogP contribution in [0.2, 0.25) is 5.02 Å². The average Bonchev–Trinajstić information content (AvgIpc) is 3.55. The van der Waals surface area contributed by atoms with Crippen LogP contribution in [0.15, 0.2) is 36.4 Å². The van der Waals surface area contributed by atoms with Gasteiger partial charge in [0.15, 0.2) is 11.6 Å². The van der Waals surface area contributed by atoms with Crippen molar-refractivity contribution >= 4 is 29.0 Å². The third kappa shape index (κ3) is 6.63. The van der Waals surface area contributed by atoms with Gasteiger partial charge in [0.25, 0.3) is 5.91 Å². The largest absolute Gasteiger partial charge is 0.395 e. The van der Waals surface area contributed by atoms with E-state index in [1.165, 1.54) is 0 Å². The van der Waals surface area contributed by atoms with Crippen molar-refractivity contribution in [3.63, 3.8) is 0 Å². The molecule has 0 unspecified atom stereocenters. The first-order valence-electron chi connectivity index (χ1n) is 16.1. The first kappa shape index (κ1) is 33.0. The van der Waals surface area contributed by atoms with Gasteiger partial charge in [0.05, 0.1) is 29.1 Å². The highest BCUT2D eigenvalue weighted by molar-refractivity contribution is 6.34. The van der Waals surface area contributed by atoms with E-state index in [1.54, 1.807) is 6.92 Å². The van der Waals surface area contributed by atoms with E-state index in [9.17, 15) is 19.8 Å². The van der Waals surface area contributed by atoms with E-state index in [0.717, 1.165) is 65.4 Å². The van der Waals surface area contributed by atoms with Crippen LogP contribution in [0.25, 0.3) is 11.1 Å². The van der Waals surface area contributed by atoms with Crippen molar-refractivity contribution in [2.24, 2.45) is 14.1 Å². The molecule has 0 saturated heterocycles. The van der Waals surface area contributed by atoms with Gasteiger partial charge in [0.2, 0.25) is 5.78 Å². The number of carbonyl (C=O) groups is 2. The van der Waals surface area contributed by atoms with E-state index in [0.29, 0.717) is 54.1 Å². The lowest BCUT2D eigenvalue weighted by Gasteiger charge is -2.27. The number of Topliss-reactive ketones (excluding diaryl/α,β-unsaturated/α-hetero) is 1. The summed E-state index contributed by atoms with van der Waals surface area (Å²) in [4.78, 5) is 40.7. The predicted octanol–water partition coefficient (Wildman–Crippen LogP) is 3.55. The van der Waals surface area contributed by atoms with Gasteiger partial charge in [-0.2, -0.15) is 0 Å². The number of nitrogens with zero attached hydrogens (tertiary/aromatic N) is 6. The lowest BCUT2D eigenvalue weighted by atomic mass is 9.96. The summed E-state index contributed by atoms with van der Waals surface area (Å²) in [5, 5.41) is 22.7. The number of benzene rings is 2. The molecular formula is C35H42ClN7O4. The zero-order valence-corrected chi connectivity index (χ0v) is 28.1. The fourth-order valence-electron chi connectivity index (χ4n) is 6.90. The maximum absolute atomic E-state index is 13.5. The van der Waals surface area contributed by atoms with Gasteiger partial charge in [0.1, 0.15) is 0 Å². The zero-order chi connectivity index (χ0) is 33.4. The van der Waals surface area contributed by atoms with Gasteiger partial charge in [-0.1, -0.05) is 41.9 Å². The molecule has 2 aromatic heterocycles. The standard InChI is InChI=1S/C35H42ClN7O4/c1-21(45)18-43-14-12-30-28(20-43)38-34(41(30)4)35(47)39-26-10-6-8-24(22(26)2)25-9-5-7-23(32(25)36)17-31(46)33-37-27-19-42(15-16-44)13-11-29(27)40(33)3/h5-10,21,44-45H,11-20H2,1-4H3,(H,39,47)/t21-/m0/s1. The van der Waals surface area contributed by atoms with E-state index in [1.807, 2.05) is 66.6 Å². The van der Waals surface area contributed by atoms with Gasteiger partial charge >= 0.3 is 0 Å². The number of ketones is 1. The van der Waals surface area contributed by atoms with Crippen molar-refractivity contribution in [2.45, 2.75) is 52.3 Å². The Hall–Kier alpha value is -3.87. The van der Waals surface area contributed by atoms with Crippen LogP contribution in [0.1, 0.15) is 62.1 Å². The maximum atomic E-state index is 13.5. The van der Waals surface area contributed by atoms with Crippen LogP contribution in [-0.2, 0) is 46.4 Å². The minimum atomic E-state index is -0.427. The molecule has 1 amide bonds. The summed E-state index contributed by atoms with van der Waals surface area (Å²) in [6, 6.07) is 11.4. The summed E-state index contributed by atoms with van der Waals surface area (Å²) in [6.07, 6.45) is 1.21. The predicted molar refractivity (Wildman–Crippen MR) is 181 cm³/mol. The molecule has 0 fully saturated rings. The zero-order valence-electron chi connectivity index (χ0n) is 27.4. The molecule has 11 nitrogen and oxygen atoms in total. The fraction of sp³-hybridized carbons (Fsp3) is 0.429. The Morgan fingerprint density at radius 2 is 1.55 bits per heavy atom. The van der Waals surface area contributed by atoms with Gasteiger partial charge in [-0.05, 0) is 36.6 Å². The number of anilines is 1. The molecule has 12 heteroatoms. The number of halogens is 1. The highest BCUT2D eigenvalue weighted by Gasteiger charge is 2.28. The van der Waals surface area contributed by atoms with Gasteiger partial charge in [-0.15, -0.1) is 0 Å². The van der Waals surface area contributed by atoms with Crippen LogP contribution in [0.4, 0.5) is 5.69 Å². The molecule has 1 atom stereocenters. The third-order valence-electron chi connectivity index (χ3n) is 9.36. The number of hydrogen-bond acceptors (Lipinski definition) is 8. The third-order valence-corrected chi connectivity index (χ3v) is 9.81. The van der Waals surface area contributed by atoms with Gasteiger partial charge in [-0.3, -0.25) is 19.4 Å². The van der Waals surface area contributed by atoms with Gasteiger partial charge in [-0.25, -0.2) is 9.97 Å². The van der Waals surface area contributed by atoms with E-state index in [2.05, 4.69) is 20.1 Å². The van der Waals surface area contributed by atoms with Crippen LogP contribution >= 0.6 is 11.6 Å². The lowest BCUT2D eigenvalue weighted by Crippen LogP contribution is -2.36. The smallest absolute Gasteiger partial charge is 0.291 e. The monoisotopic (exact) mass is 659 g/mol. The van der Waals surface area contributed by atoms with Crippen molar-refractivity contribution in [3.05, 3.63) is 87.0 Å². The normalized spacial score (nSPS) is 15.7. The summed E-state index contributed by atoms with van der Waals surface area (Å²) in [5.74, 6) is 0.343. The van der Waals surface area contributed by atoms with E-state index in [-0.39, 0.29) is 24.7 Å². The van der Waals surface area contributed by atoms with Gasteiger partial charge in [0, 0.05) is 95.3 Å². The Morgan fingerprint density at radius 1 is 0.936 bits per heavy atom. The number of imidazole rings is 2. The first-order chi connectivity index (χ1) is 22.5. The second-order valence-corrected chi connectivity index (χ2v) is 13.0. The highest BCUT2D eigenvalue weighted by atomic mass is 35.5. The molecule has 0 bridgehead atoms. The summed E-state index contributed by atoms with van der Waals surface area (Å²) >= 11 is 6.99. The SMILES string of the molecule is Cc1c(NC(=O)c2nc3c(n2C)CCN(C[C@H](C)O)C3)cccc1-c1cccc(CC(=O)c2nc3c(n2C)CCN(CCO)C3)c1Cl. The Morgan fingerprint density at radius 3 is 2.26 bits per heavy atom. The van der Waals surface area contributed by atoms with Crippen molar-refractivity contribution in [3.8, 4) is 11.1 Å². The first-order valence-corrected chi connectivity index (χ1v) is 16.5. The average molecular weight is 660 g/mol. The topological polar surface area (TPSA) is 129 Å². The lowest BCUT2D eigenvalue weighted by molar-refractivity contribution is 0.0977. The number of nitrogens with one attached hydrogen (secondary N) is 1. The molecule has 2 aliphatic heterocycles. The Kier molecular flexibility index (Phi) is 9.63. The minimum absolute atomic E-state index is 0.0918. The molecule has 3 N–H and O–H groups in total. The number of aliphatic hydroxyl groups is 2. The van der Waals surface area contributed by atoms with Crippen molar-refractivity contribution < 1.29 is 19.8 Å². The highest BCUT2D eigenvalue weighted by Crippen LogP contribution is 2.36. The quantitative estimate of drug-likeness (QED) is 0.221. The second kappa shape index (κ2) is 13.7. The number of fused-ring (bicyclic) bond motifs is 2.